The fraction of sp³-hybridized carbons (Fsp3) is 0.538. The number of aliphatic hydroxyl groups is 1. The van der Waals surface area contributed by atoms with Gasteiger partial charge in [0.25, 0.3) is 0 Å². The molecule has 0 saturated heterocycles. The van der Waals surface area contributed by atoms with E-state index in [0.29, 0.717) is 18.4 Å². The van der Waals surface area contributed by atoms with Gasteiger partial charge in [-0.15, -0.1) is 0 Å². The first-order valence-electron chi connectivity index (χ1n) is 6.85. The SMILES string of the molecule is CC(C)(CCCO)CNc1nc(N)nc(-n2ccnc2)n1. The van der Waals surface area contributed by atoms with Gasteiger partial charge in [0.2, 0.25) is 17.8 Å². The van der Waals surface area contributed by atoms with Gasteiger partial charge in [-0.3, -0.25) is 4.57 Å². The number of aliphatic hydroxyl groups excluding tert-OH is 1. The summed E-state index contributed by atoms with van der Waals surface area (Å²) in [7, 11) is 0. The van der Waals surface area contributed by atoms with E-state index in [1.165, 1.54) is 0 Å². The smallest absolute Gasteiger partial charge is 0.241 e. The third-order valence-electron chi connectivity index (χ3n) is 3.11. The third-order valence-corrected chi connectivity index (χ3v) is 3.11. The summed E-state index contributed by atoms with van der Waals surface area (Å²) in [5, 5.41) is 12.1. The van der Waals surface area contributed by atoms with E-state index >= 15 is 0 Å². The number of imidazole rings is 1. The van der Waals surface area contributed by atoms with Crippen LogP contribution in [0, 0.1) is 5.41 Å². The van der Waals surface area contributed by atoms with Crippen LogP contribution < -0.4 is 11.1 Å². The van der Waals surface area contributed by atoms with Crippen LogP contribution in [0.2, 0.25) is 0 Å². The molecule has 2 heterocycles. The Morgan fingerprint density at radius 2 is 2.14 bits per heavy atom. The molecule has 0 radical (unpaired) electrons. The molecule has 0 fully saturated rings. The van der Waals surface area contributed by atoms with Crippen LogP contribution >= 0.6 is 0 Å². The lowest BCUT2D eigenvalue weighted by Gasteiger charge is -2.24. The quantitative estimate of drug-likeness (QED) is 0.692. The van der Waals surface area contributed by atoms with E-state index in [4.69, 9.17) is 10.8 Å². The molecule has 0 atom stereocenters. The molecule has 0 aliphatic heterocycles. The molecule has 114 valence electrons. The van der Waals surface area contributed by atoms with Crippen molar-refractivity contribution < 1.29 is 5.11 Å². The fourth-order valence-electron chi connectivity index (χ4n) is 1.92. The second kappa shape index (κ2) is 6.49. The summed E-state index contributed by atoms with van der Waals surface area (Å²) >= 11 is 0. The van der Waals surface area contributed by atoms with E-state index in [1.54, 1.807) is 23.3 Å². The van der Waals surface area contributed by atoms with Gasteiger partial charge in [0.1, 0.15) is 6.33 Å². The van der Waals surface area contributed by atoms with Gasteiger partial charge in [-0.1, -0.05) is 13.8 Å². The molecule has 8 heteroatoms. The number of hydrogen-bond donors (Lipinski definition) is 3. The van der Waals surface area contributed by atoms with E-state index in [9.17, 15) is 0 Å². The second-order valence-corrected chi connectivity index (χ2v) is 5.63. The topological polar surface area (TPSA) is 115 Å². The molecule has 0 aliphatic rings. The Morgan fingerprint density at radius 3 is 2.81 bits per heavy atom. The standard InChI is InChI=1S/C13H21N7O/c1-13(2,4-3-7-21)8-16-11-17-10(14)18-12(19-11)20-6-5-15-9-20/h5-6,9,21H,3-4,7-8H2,1-2H3,(H3,14,16,17,18,19). The minimum Gasteiger partial charge on any atom is -0.396 e. The van der Waals surface area contributed by atoms with Gasteiger partial charge in [0, 0.05) is 25.5 Å². The maximum absolute atomic E-state index is 8.91. The summed E-state index contributed by atoms with van der Waals surface area (Å²) in [5.41, 5.74) is 5.74. The Labute approximate surface area is 123 Å². The van der Waals surface area contributed by atoms with Gasteiger partial charge in [-0.05, 0) is 18.3 Å². The van der Waals surface area contributed by atoms with Crippen LogP contribution in [-0.4, -0.2) is 42.8 Å². The highest BCUT2D eigenvalue weighted by Gasteiger charge is 2.18. The van der Waals surface area contributed by atoms with Crippen molar-refractivity contribution in [1.82, 2.24) is 24.5 Å². The van der Waals surface area contributed by atoms with Crippen molar-refractivity contribution in [3.8, 4) is 5.95 Å². The van der Waals surface area contributed by atoms with Crippen LogP contribution in [0.3, 0.4) is 0 Å². The first-order chi connectivity index (χ1) is 10.00. The number of nitrogens with one attached hydrogen (secondary N) is 1. The van der Waals surface area contributed by atoms with E-state index in [1.807, 2.05) is 0 Å². The molecule has 0 amide bonds. The molecule has 0 unspecified atom stereocenters. The number of nitrogen functional groups attached to an aromatic ring is 1. The molecule has 0 saturated carbocycles. The molecule has 0 spiro atoms. The lowest BCUT2D eigenvalue weighted by molar-refractivity contribution is 0.247. The summed E-state index contributed by atoms with van der Waals surface area (Å²) in [6.07, 6.45) is 6.66. The fourth-order valence-corrected chi connectivity index (χ4v) is 1.92. The average molecular weight is 291 g/mol. The highest BCUT2D eigenvalue weighted by atomic mass is 16.2. The largest absolute Gasteiger partial charge is 0.396 e. The summed E-state index contributed by atoms with van der Waals surface area (Å²) < 4.78 is 1.67. The van der Waals surface area contributed by atoms with Crippen molar-refractivity contribution in [2.24, 2.45) is 5.41 Å². The normalized spacial score (nSPS) is 11.6. The zero-order chi connectivity index (χ0) is 15.3. The number of aromatic nitrogens is 5. The van der Waals surface area contributed by atoms with Gasteiger partial charge < -0.3 is 16.2 Å². The van der Waals surface area contributed by atoms with E-state index in [0.717, 1.165) is 12.8 Å². The summed E-state index contributed by atoms with van der Waals surface area (Å²) in [6, 6.07) is 0. The van der Waals surface area contributed by atoms with Gasteiger partial charge in [0.05, 0.1) is 0 Å². The van der Waals surface area contributed by atoms with Gasteiger partial charge in [-0.25, -0.2) is 4.98 Å². The minimum absolute atomic E-state index is 0.0271. The van der Waals surface area contributed by atoms with Crippen molar-refractivity contribution in [2.45, 2.75) is 26.7 Å². The Morgan fingerprint density at radius 1 is 1.33 bits per heavy atom. The summed E-state index contributed by atoms with van der Waals surface area (Å²) in [6.45, 7) is 5.13. The van der Waals surface area contributed by atoms with Crippen LogP contribution in [0.1, 0.15) is 26.7 Å². The zero-order valence-electron chi connectivity index (χ0n) is 12.3. The predicted molar refractivity (Wildman–Crippen MR) is 80.0 cm³/mol. The molecule has 2 aromatic rings. The van der Waals surface area contributed by atoms with Crippen LogP contribution in [0.4, 0.5) is 11.9 Å². The van der Waals surface area contributed by atoms with Crippen LogP contribution in [0.5, 0.6) is 0 Å². The first-order valence-corrected chi connectivity index (χ1v) is 6.85. The highest BCUT2D eigenvalue weighted by Crippen LogP contribution is 2.22. The van der Waals surface area contributed by atoms with Gasteiger partial charge in [0.15, 0.2) is 0 Å². The van der Waals surface area contributed by atoms with Crippen LogP contribution in [0.25, 0.3) is 5.95 Å². The lowest BCUT2D eigenvalue weighted by Crippen LogP contribution is -2.24. The van der Waals surface area contributed by atoms with E-state index in [-0.39, 0.29) is 18.0 Å². The van der Waals surface area contributed by atoms with Gasteiger partial charge >= 0.3 is 0 Å². The zero-order valence-corrected chi connectivity index (χ0v) is 12.3. The lowest BCUT2D eigenvalue weighted by atomic mass is 9.88. The second-order valence-electron chi connectivity index (χ2n) is 5.63. The molecule has 0 aliphatic carbocycles. The summed E-state index contributed by atoms with van der Waals surface area (Å²) in [4.78, 5) is 16.4. The maximum atomic E-state index is 8.91. The molecule has 2 aromatic heterocycles. The minimum atomic E-state index is 0.0271. The molecule has 21 heavy (non-hydrogen) atoms. The molecule has 2 rings (SSSR count). The monoisotopic (exact) mass is 291 g/mol. The Hall–Kier alpha value is -2.22. The first kappa shape index (κ1) is 15.2. The molecule has 4 N–H and O–H groups in total. The predicted octanol–water partition coefficient (Wildman–Crippen LogP) is 0.850. The number of nitrogens with two attached hydrogens (primary N) is 1. The maximum Gasteiger partial charge on any atom is 0.241 e. The van der Waals surface area contributed by atoms with E-state index < -0.39 is 0 Å². The molecule has 8 nitrogen and oxygen atoms in total. The van der Waals surface area contributed by atoms with Crippen molar-refractivity contribution >= 4 is 11.9 Å². The van der Waals surface area contributed by atoms with E-state index in [2.05, 4.69) is 39.1 Å². The number of anilines is 2. The third kappa shape index (κ3) is 4.38. The average Bonchev–Trinajstić information content (AvgIpc) is 2.97. The van der Waals surface area contributed by atoms with Crippen molar-refractivity contribution in [2.75, 3.05) is 24.2 Å². The van der Waals surface area contributed by atoms with Crippen molar-refractivity contribution in [3.63, 3.8) is 0 Å². The molecule has 0 bridgehead atoms. The molecular formula is C13H21N7O. The van der Waals surface area contributed by atoms with Crippen molar-refractivity contribution in [1.29, 1.82) is 0 Å². The van der Waals surface area contributed by atoms with Gasteiger partial charge in [-0.2, -0.15) is 15.0 Å². The number of nitrogens with zero attached hydrogens (tertiary/aromatic N) is 5. The number of hydrogen-bond acceptors (Lipinski definition) is 7. The van der Waals surface area contributed by atoms with Crippen molar-refractivity contribution in [3.05, 3.63) is 18.7 Å². The Kier molecular flexibility index (Phi) is 4.69. The van der Waals surface area contributed by atoms with Crippen LogP contribution in [0.15, 0.2) is 18.7 Å². The molecule has 0 aromatic carbocycles. The number of rotatable bonds is 7. The van der Waals surface area contributed by atoms with Crippen LogP contribution in [-0.2, 0) is 0 Å². The highest BCUT2D eigenvalue weighted by molar-refractivity contribution is 5.35. The molecular weight excluding hydrogens is 270 g/mol. The Bertz CT molecular complexity index is 568. The summed E-state index contributed by atoms with van der Waals surface area (Å²) in [5.74, 6) is 1.02. The Balaban J connectivity index is 2.07.